The van der Waals surface area contributed by atoms with Crippen molar-refractivity contribution in [3.63, 3.8) is 0 Å². The maximum atomic E-state index is 12.9. The number of carbonyl (C=O) groups excluding carboxylic acids is 2. The molecule has 3 aliphatic rings. The third-order valence-electron chi connectivity index (χ3n) is 7.15. The number of amides is 1. The smallest absolute Gasteiger partial charge is 0.414 e. The van der Waals surface area contributed by atoms with E-state index in [4.69, 9.17) is 9.47 Å². The lowest BCUT2D eigenvalue weighted by molar-refractivity contribution is -0.920. The van der Waals surface area contributed by atoms with Gasteiger partial charge in [0.1, 0.15) is 12.2 Å². The van der Waals surface area contributed by atoms with Gasteiger partial charge in [-0.25, -0.2) is 4.79 Å². The van der Waals surface area contributed by atoms with Crippen molar-refractivity contribution in [2.75, 3.05) is 34.9 Å². The van der Waals surface area contributed by atoms with Crippen LogP contribution in [-0.4, -0.2) is 61.4 Å². The van der Waals surface area contributed by atoms with E-state index >= 15 is 0 Å². The number of hydrogen-bond acceptors (Lipinski definition) is 5. The van der Waals surface area contributed by atoms with Crippen molar-refractivity contribution in [2.24, 2.45) is 29.6 Å². The molecule has 5 atom stereocenters. The minimum Gasteiger partial charge on any atom is -1.00 e. The highest BCUT2D eigenvalue weighted by Gasteiger charge is 2.50. The first-order valence-electron chi connectivity index (χ1n) is 11.0. The summed E-state index contributed by atoms with van der Waals surface area (Å²) in [7, 11) is 7.27. The summed E-state index contributed by atoms with van der Waals surface area (Å²) >= 11 is 0. The second-order valence-corrected chi connectivity index (χ2v) is 10.3. The second kappa shape index (κ2) is 9.33. The Hall–Kier alpha value is -1.86. The quantitative estimate of drug-likeness (QED) is 0.353. The number of esters is 1. The molecule has 7 nitrogen and oxygen atoms in total. The van der Waals surface area contributed by atoms with Gasteiger partial charge < -0.3 is 26.8 Å². The third-order valence-corrected chi connectivity index (χ3v) is 7.15. The first-order chi connectivity index (χ1) is 14.2. The highest BCUT2D eigenvalue weighted by molar-refractivity contribution is 5.73. The Morgan fingerprint density at radius 2 is 1.77 bits per heavy atom. The molecular weight excluding hydrogens is 418 g/mol. The topological polar surface area (TPSA) is 68.7 Å². The van der Waals surface area contributed by atoms with Gasteiger partial charge in [-0.15, -0.1) is 0 Å². The van der Waals surface area contributed by atoms with Gasteiger partial charge in [-0.2, -0.15) is 0 Å². The van der Waals surface area contributed by atoms with Gasteiger partial charge in [0.05, 0.1) is 20.0 Å². The molecule has 4 rings (SSSR count). The fraction of sp³-hybridized carbons (Fsp3) is 0.696. The van der Waals surface area contributed by atoms with Crippen LogP contribution in [0.15, 0.2) is 18.3 Å². The number of quaternary nitrogens is 1. The summed E-state index contributed by atoms with van der Waals surface area (Å²) in [5.74, 6) is 3.43. The van der Waals surface area contributed by atoms with Crippen LogP contribution in [0.2, 0.25) is 0 Å². The fourth-order valence-electron chi connectivity index (χ4n) is 5.77. The number of pyridine rings is 1. The molecule has 3 aliphatic carbocycles. The summed E-state index contributed by atoms with van der Waals surface area (Å²) < 4.78 is 11.7. The van der Waals surface area contributed by atoms with Crippen molar-refractivity contribution < 1.29 is 36.0 Å². The summed E-state index contributed by atoms with van der Waals surface area (Å²) in [6, 6.07) is 3.48. The summed E-state index contributed by atoms with van der Waals surface area (Å²) in [5, 5.41) is 0. The van der Waals surface area contributed by atoms with Crippen LogP contribution in [0.3, 0.4) is 0 Å². The zero-order valence-corrected chi connectivity index (χ0v) is 19.7. The lowest BCUT2D eigenvalue weighted by Gasteiger charge is -2.39. The number of rotatable bonds is 6. The molecule has 1 heterocycles. The highest BCUT2D eigenvalue weighted by Crippen LogP contribution is 2.57. The van der Waals surface area contributed by atoms with Gasteiger partial charge in [-0.1, -0.05) is 0 Å². The Labute approximate surface area is 191 Å². The molecule has 3 bridgehead atoms. The number of halogens is 1. The van der Waals surface area contributed by atoms with E-state index in [0.29, 0.717) is 28.4 Å². The molecule has 0 N–H and O–H groups in total. The predicted molar refractivity (Wildman–Crippen MR) is 111 cm³/mol. The number of fused-ring (bicyclic) bond motifs is 2. The molecule has 0 aromatic carbocycles. The normalized spacial score (nSPS) is 28.6. The molecule has 1 amide bonds. The molecule has 0 spiro atoms. The van der Waals surface area contributed by atoms with Gasteiger partial charge in [-0.05, 0) is 67.9 Å². The van der Waals surface area contributed by atoms with E-state index in [1.165, 1.54) is 30.6 Å². The van der Waals surface area contributed by atoms with Crippen LogP contribution < -0.4 is 17.1 Å². The van der Waals surface area contributed by atoms with Gasteiger partial charge in [-0.3, -0.25) is 14.3 Å². The second-order valence-electron chi connectivity index (χ2n) is 10.3. The number of hydrogen-bond donors (Lipinski definition) is 0. The third kappa shape index (κ3) is 5.32. The zero-order chi connectivity index (χ0) is 21.5. The zero-order valence-electron chi connectivity index (χ0n) is 18.9. The largest absolute Gasteiger partial charge is 1.00 e. The van der Waals surface area contributed by atoms with Gasteiger partial charge in [0.2, 0.25) is 6.73 Å². The van der Waals surface area contributed by atoms with Crippen molar-refractivity contribution in [2.45, 2.75) is 38.6 Å². The van der Waals surface area contributed by atoms with Gasteiger partial charge in [0, 0.05) is 20.3 Å². The van der Waals surface area contributed by atoms with E-state index in [1.54, 1.807) is 32.4 Å². The van der Waals surface area contributed by atoms with E-state index in [-0.39, 0.29) is 31.0 Å². The standard InChI is InChI=1S/C23H34N3O4.ClH/c1-25(2)23(28)30-21-6-5-7-24-20(21)13-26(3,4)14-29-22(27)19-12-17-9-15-8-16(17)11-18(19)10-15;/h5-7,15-19H,8-14H2,1-4H3;1H/q+1;/p-1. The van der Waals surface area contributed by atoms with E-state index in [0.717, 1.165) is 24.2 Å². The molecule has 8 heteroatoms. The Kier molecular flexibility index (Phi) is 7.16. The number of aromatic nitrogens is 1. The fourth-order valence-corrected chi connectivity index (χ4v) is 5.77. The minimum absolute atomic E-state index is 0. The number of nitrogens with zero attached hydrogens (tertiary/aromatic N) is 3. The molecule has 31 heavy (non-hydrogen) atoms. The first kappa shape index (κ1) is 23.8. The Morgan fingerprint density at radius 1 is 1.10 bits per heavy atom. The van der Waals surface area contributed by atoms with Crippen LogP contribution in [-0.2, 0) is 16.1 Å². The molecule has 3 saturated carbocycles. The summed E-state index contributed by atoms with van der Waals surface area (Å²) in [5.41, 5.74) is 0.669. The van der Waals surface area contributed by atoms with Crippen molar-refractivity contribution >= 4 is 12.1 Å². The maximum absolute atomic E-state index is 12.9. The van der Waals surface area contributed by atoms with E-state index < -0.39 is 6.09 Å². The molecule has 0 radical (unpaired) electrons. The van der Waals surface area contributed by atoms with Crippen molar-refractivity contribution in [1.82, 2.24) is 9.88 Å². The minimum atomic E-state index is -0.442. The average molecular weight is 452 g/mol. The van der Waals surface area contributed by atoms with Crippen LogP contribution in [0.25, 0.3) is 0 Å². The average Bonchev–Trinajstić information content (AvgIpc) is 2.89. The van der Waals surface area contributed by atoms with Crippen LogP contribution >= 0.6 is 0 Å². The molecule has 0 aliphatic heterocycles. The SMILES string of the molecule is CN(C)C(=O)Oc1cccnc1C[N+](C)(C)COC(=O)C1CC2CC3CC2CC1C3.[Cl-]. The lowest BCUT2D eigenvalue weighted by Crippen LogP contribution is -3.00. The number of ether oxygens (including phenoxy) is 2. The summed E-state index contributed by atoms with van der Waals surface area (Å²) in [6.45, 7) is 0.766. The molecule has 5 unspecified atom stereocenters. The monoisotopic (exact) mass is 451 g/mol. The van der Waals surface area contributed by atoms with Crippen molar-refractivity contribution in [3.05, 3.63) is 24.0 Å². The maximum Gasteiger partial charge on any atom is 0.414 e. The van der Waals surface area contributed by atoms with Crippen molar-refractivity contribution in [3.8, 4) is 5.75 Å². The van der Waals surface area contributed by atoms with E-state index in [1.807, 2.05) is 14.1 Å². The summed E-state index contributed by atoms with van der Waals surface area (Å²) in [4.78, 5) is 30.6. The molecule has 0 saturated heterocycles. The van der Waals surface area contributed by atoms with Crippen LogP contribution in [0.5, 0.6) is 5.75 Å². The van der Waals surface area contributed by atoms with Crippen LogP contribution in [0, 0.1) is 29.6 Å². The van der Waals surface area contributed by atoms with Crippen LogP contribution in [0.1, 0.15) is 37.8 Å². The Bertz CT molecular complexity index is 814. The van der Waals surface area contributed by atoms with Gasteiger partial charge in [0.25, 0.3) is 0 Å². The molecule has 3 fully saturated rings. The molecule has 172 valence electrons. The summed E-state index contributed by atoms with van der Waals surface area (Å²) in [6.07, 6.45) is 7.39. The highest BCUT2D eigenvalue weighted by atomic mass is 35.5. The molecular formula is C23H34ClN3O4. The number of carbonyl (C=O) groups is 2. The Morgan fingerprint density at radius 3 is 2.48 bits per heavy atom. The van der Waals surface area contributed by atoms with Crippen molar-refractivity contribution in [1.29, 1.82) is 0 Å². The first-order valence-corrected chi connectivity index (χ1v) is 11.0. The molecule has 1 aromatic heterocycles. The lowest BCUT2D eigenvalue weighted by atomic mass is 9.67. The van der Waals surface area contributed by atoms with Crippen LogP contribution in [0.4, 0.5) is 4.79 Å². The predicted octanol–water partition coefficient (Wildman–Crippen LogP) is 0.295. The van der Waals surface area contributed by atoms with E-state index in [2.05, 4.69) is 4.98 Å². The van der Waals surface area contributed by atoms with Gasteiger partial charge >= 0.3 is 12.1 Å². The molecule has 1 aromatic rings. The van der Waals surface area contributed by atoms with E-state index in [9.17, 15) is 9.59 Å². The Balaban J connectivity index is 0.00000272. The van der Waals surface area contributed by atoms with Gasteiger partial charge in [0.15, 0.2) is 5.75 Å².